The van der Waals surface area contributed by atoms with E-state index in [9.17, 15) is 13.2 Å². The van der Waals surface area contributed by atoms with Crippen molar-refractivity contribution in [3.8, 4) is 0 Å². The van der Waals surface area contributed by atoms with E-state index >= 15 is 0 Å². The van der Waals surface area contributed by atoms with Crippen molar-refractivity contribution in [2.24, 2.45) is 0 Å². The van der Waals surface area contributed by atoms with Crippen LogP contribution in [-0.2, 0) is 14.8 Å². The average Bonchev–Trinajstić information content (AvgIpc) is 2.88. The van der Waals surface area contributed by atoms with Crippen molar-refractivity contribution >= 4 is 33.0 Å². The fraction of sp³-hybridized carbons (Fsp3) is 0.0909. The quantitative estimate of drug-likeness (QED) is 0.869. The molecule has 0 aliphatic heterocycles. The van der Waals surface area contributed by atoms with Crippen molar-refractivity contribution in [1.82, 2.24) is 4.98 Å². The highest BCUT2D eigenvalue weighted by Gasteiger charge is 2.26. The zero-order valence-corrected chi connectivity index (χ0v) is 11.5. The van der Waals surface area contributed by atoms with E-state index in [1.807, 2.05) is 0 Å². The molecular weight excluding hydrogens is 288 g/mol. The van der Waals surface area contributed by atoms with Gasteiger partial charge < -0.3 is 4.74 Å². The van der Waals surface area contributed by atoms with Crippen LogP contribution in [0.4, 0.5) is 5.69 Å². The lowest BCUT2D eigenvalue weighted by atomic mass is 10.3. The van der Waals surface area contributed by atoms with Crippen molar-refractivity contribution in [2.45, 2.75) is 4.21 Å². The van der Waals surface area contributed by atoms with Gasteiger partial charge in [-0.3, -0.25) is 4.72 Å². The molecule has 100 valence electrons. The number of hydrogen-bond acceptors (Lipinski definition) is 6. The highest BCUT2D eigenvalue weighted by Crippen LogP contribution is 2.23. The summed E-state index contributed by atoms with van der Waals surface area (Å²) in [4.78, 5) is 15.1. The van der Waals surface area contributed by atoms with Crippen molar-refractivity contribution < 1.29 is 17.9 Å². The number of methoxy groups -OCH3 is 1. The van der Waals surface area contributed by atoms with Crippen LogP contribution in [0.5, 0.6) is 0 Å². The third-order valence-corrected chi connectivity index (χ3v) is 4.93. The molecule has 0 radical (unpaired) electrons. The van der Waals surface area contributed by atoms with Crippen molar-refractivity contribution in [3.05, 3.63) is 41.5 Å². The van der Waals surface area contributed by atoms with Gasteiger partial charge in [-0.2, -0.15) is 0 Å². The van der Waals surface area contributed by atoms with E-state index in [4.69, 9.17) is 0 Å². The Labute approximate surface area is 114 Å². The molecule has 0 bridgehead atoms. The number of thiazole rings is 1. The van der Waals surface area contributed by atoms with E-state index in [1.165, 1.54) is 12.6 Å². The zero-order chi connectivity index (χ0) is 13.9. The van der Waals surface area contributed by atoms with E-state index in [2.05, 4.69) is 14.4 Å². The summed E-state index contributed by atoms with van der Waals surface area (Å²) in [6, 6.07) is 8.38. The van der Waals surface area contributed by atoms with Crippen LogP contribution in [0, 0.1) is 0 Å². The van der Waals surface area contributed by atoms with Crippen LogP contribution in [0.3, 0.4) is 0 Å². The van der Waals surface area contributed by atoms with Gasteiger partial charge in [-0.25, -0.2) is 18.2 Å². The fourth-order valence-electron chi connectivity index (χ4n) is 1.37. The van der Waals surface area contributed by atoms with Gasteiger partial charge in [0.2, 0.25) is 0 Å². The maximum Gasteiger partial charge on any atom is 0.358 e. The lowest BCUT2D eigenvalue weighted by molar-refractivity contribution is 0.0590. The average molecular weight is 298 g/mol. The molecule has 0 atom stereocenters. The minimum atomic E-state index is -3.85. The molecule has 0 unspecified atom stereocenters. The number of hydrogen-bond donors (Lipinski definition) is 1. The van der Waals surface area contributed by atoms with Gasteiger partial charge in [-0.05, 0) is 12.1 Å². The van der Waals surface area contributed by atoms with Crippen LogP contribution >= 0.6 is 11.3 Å². The molecule has 6 nitrogen and oxygen atoms in total. The normalized spacial score (nSPS) is 11.0. The molecule has 0 amide bonds. The number of sulfonamides is 1. The van der Waals surface area contributed by atoms with Crippen LogP contribution in [0.1, 0.15) is 10.5 Å². The summed E-state index contributed by atoms with van der Waals surface area (Å²) in [6.07, 6.45) is 0. The Balaban J connectivity index is 2.36. The molecule has 0 saturated heterocycles. The number of rotatable bonds is 4. The number of para-hydroxylation sites is 1. The number of anilines is 1. The number of benzene rings is 1. The molecule has 1 aromatic carbocycles. The predicted molar refractivity (Wildman–Crippen MR) is 70.7 cm³/mol. The number of nitrogens with one attached hydrogen (secondary N) is 1. The molecule has 1 heterocycles. The van der Waals surface area contributed by atoms with Gasteiger partial charge in [-0.1, -0.05) is 18.2 Å². The molecule has 1 N–H and O–H groups in total. The molecule has 0 aliphatic carbocycles. The molecule has 1 aromatic heterocycles. The van der Waals surface area contributed by atoms with Crippen molar-refractivity contribution in [1.29, 1.82) is 0 Å². The smallest absolute Gasteiger partial charge is 0.358 e. The van der Waals surface area contributed by atoms with Crippen molar-refractivity contribution in [3.63, 3.8) is 0 Å². The van der Waals surface area contributed by atoms with Gasteiger partial charge in [0.15, 0.2) is 9.90 Å². The first-order valence-electron chi connectivity index (χ1n) is 5.14. The summed E-state index contributed by atoms with van der Waals surface area (Å²) >= 11 is 0.857. The summed E-state index contributed by atoms with van der Waals surface area (Å²) in [5, 5.41) is 0. The number of nitrogens with zero attached hydrogens (tertiary/aromatic N) is 1. The van der Waals surface area contributed by atoms with Crippen LogP contribution in [0.2, 0.25) is 0 Å². The summed E-state index contributed by atoms with van der Waals surface area (Å²) in [5.74, 6) is -0.783. The maximum atomic E-state index is 12.2. The second-order valence-electron chi connectivity index (χ2n) is 3.45. The van der Waals surface area contributed by atoms with Gasteiger partial charge in [0.05, 0.1) is 12.6 Å². The minimum Gasteiger partial charge on any atom is -0.464 e. The van der Waals surface area contributed by atoms with E-state index < -0.39 is 16.0 Å². The van der Waals surface area contributed by atoms with Crippen LogP contribution < -0.4 is 4.72 Å². The molecular formula is C11H10N2O4S2. The highest BCUT2D eigenvalue weighted by molar-refractivity contribution is 7.94. The summed E-state index contributed by atoms with van der Waals surface area (Å²) in [6.45, 7) is 0. The van der Waals surface area contributed by atoms with Gasteiger partial charge >= 0.3 is 5.97 Å². The van der Waals surface area contributed by atoms with Crippen LogP contribution in [-0.4, -0.2) is 26.5 Å². The lowest BCUT2D eigenvalue weighted by Crippen LogP contribution is -2.16. The third-order valence-electron chi connectivity index (χ3n) is 2.18. The first-order chi connectivity index (χ1) is 9.04. The monoisotopic (exact) mass is 298 g/mol. The Morgan fingerprint density at radius 1 is 1.32 bits per heavy atom. The second-order valence-corrected chi connectivity index (χ2v) is 6.18. The first kappa shape index (κ1) is 13.5. The van der Waals surface area contributed by atoms with E-state index in [0.29, 0.717) is 5.69 Å². The largest absolute Gasteiger partial charge is 0.464 e. The predicted octanol–water partition coefficient (Wildman–Crippen LogP) is 1.73. The number of carbonyl (C=O) groups is 1. The summed E-state index contributed by atoms with van der Waals surface area (Å²) in [5.41, 5.74) is 1.48. The topological polar surface area (TPSA) is 85.4 Å². The number of aromatic nitrogens is 1. The molecule has 8 heteroatoms. The Bertz CT molecular complexity index is 680. The fourth-order valence-corrected chi connectivity index (χ4v) is 3.56. The van der Waals surface area contributed by atoms with Crippen LogP contribution in [0.15, 0.2) is 40.1 Å². The van der Waals surface area contributed by atoms with Gasteiger partial charge in [0.1, 0.15) is 0 Å². The summed E-state index contributed by atoms with van der Waals surface area (Å²) < 4.78 is 31.0. The molecule has 0 fully saturated rings. The van der Waals surface area contributed by atoms with E-state index in [1.54, 1.807) is 30.3 Å². The third kappa shape index (κ3) is 2.91. The van der Waals surface area contributed by atoms with Gasteiger partial charge in [0.25, 0.3) is 10.0 Å². The highest BCUT2D eigenvalue weighted by atomic mass is 32.2. The standard InChI is InChI=1S/C11H10N2O4S2/c1-17-10(14)9-11(18-7-12-9)19(15,16)13-8-5-3-2-4-6-8/h2-7,13H,1H3. The van der Waals surface area contributed by atoms with Gasteiger partial charge in [-0.15, -0.1) is 11.3 Å². The molecule has 0 aliphatic rings. The first-order valence-corrected chi connectivity index (χ1v) is 7.50. The molecule has 2 rings (SSSR count). The number of esters is 1. The number of carbonyl (C=O) groups excluding carboxylic acids is 1. The van der Waals surface area contributed by atoms with Gasteiger partial charge in [0, 0.05) is 5.69 Å². The Kier molecular flexibility index (Phi) is 3.82. The van der Waals surface area contributed by atoms with Crippen LogP contribution in [0.25, 0.3) is 0 Å². The van der Waals surface area contributed by atoms with Crippen molar-refractivity contribution in [2.75, 3.05) is 11.8 Å². The SMILES string of the molecule is COC(=O)c1ncsc1S(=O)(=O)Nc1ccccc1. The molecule has 2 aromatic rings. The zero-order valence-electron chi connectivity index (χ0n) is 9.86. The Morgan fingerprint density at radius 2 is 2.00 bits per heavy atom. The minimum absolute atomic E-state index is 0.164. The Morgan fingerprint density at radius 3 is 2.63 bits per heavy atom. The molecule has 0 spiro atoms. The molecule has 19 heavy (non-hydrogen) atoms. The second kappa shape index (κ2) is 5.37. The summed E-state index contributed by atoms with van der Waals surface area (Å²) in [7, 11) is -2.68. The van der Waals surface area contributed by atoms with E-state index in [0.717, 1.165) is 11.3 Å². The lowest BCUT2D eigenvalue weighted by Gasteiger charge is -2.06. The molecule has 0 saturated carbocycles. The maximum absolute atomic E-state index is 12.2. The van der Waals surface area contributed by atoms with E-state index in [-0.39, 0.29) is 9.90 Å². The Hall–Kier alpha value is -1.93. The number of ether oxygens (including phenoxy) is 1.